The molecule has 0 unspecified atom stereocenters. The van der Waals surface area contributed by atoms with Gasteiger partial charge in [-0.05, 0) is 48.8 Å². The Labute approximate surface area is 169 Å². The molecule has 0 aliphatic rings. The minimum Gasteiger partial charge on any atom is -0.325 e. The first-order chi connectivity index (χ1) is 13.5. The molecule has 2 N–H and O–H groups in total. The largest absolute Gasteiger partial charge is 0.325 e. The van der Waals surface area contributed by atoms with Gasteiger partial charge in [-0.25, -0.2) is 4.68 Å². The van der Waals surface area contributed by atoms with E-state index in [0.717, 1.165) is 23.4 Å². The summed E-state index contributed by atoms with van der Waals surface area (Å²) >= 11 is 5.29. The van der Waals surface area contributed by atoms with Crippen LogP contribution >= 0.6 is 12.2 Å². The van der Waals surface area contributed by atoms with Gasteiger partial charge >= 0.3 is 0 Å². The fourth-order valence-electron chi connectivity index (χ4n) is 2.86. The maximum atomic E-state index is 12.9. The van der Waals surface area contributed by atoms with Crippen LogP contribution in [-0.2, 0) is 13.5 Å². The van der Waals surface area contributed by atoms with Gasteiger partial charge in [0.1, 0.15) is 5.69 Å². The molecule has 6 nitrogen and oxygen atoms in total. The van der Waals surface area contributed by atoms with E-state index in [9.17, 15) is 4.79 Å². The molecule has 0 amide bonds. The van der Waals surface area contributed by atoms with E-state index in [1.807, 2.05) is 56.4 Å². The second-order valence-corrected chi connectivity index (χ2v) is 6.76. The first-order valence-corrected chi connectivity index (χ1v) is 9.45. The normalized spacial score (nSPS) is 11.0. The van der Waals surface area contributed by atoms with Gasteiger partial charge in [0, 0.05) is 7.05 Å². The highest BCUT2D eigenvalue weighted by Crippen LogP contribution is 2.13. The predicted octanol–water partition coefficient (Wildman–Crippen LogP) is 3.37. The van der Waals surface area contributed by atoms with E-state index in [1.165, 1.54) is 5.56 Å². The predicted molar refractivity (Wildman–Crippen MR) is 119 cm³/mol. The molecule has 1 aromatic heterocycles. The lowest BCUT2D eigenvalue weighted by molar-refractivity contribution is 0.630. The molecule has 7 heteroatoms. The molecule has 0 aliphatic carbocycles. The van der Waals surface area contributed by atoms with Gasteiger partial charge in [0.25, 0.3) is 5.56 Å². The van der Waals surface area contributed by atoms with E-state index >= 15 is 0 Å². The van der Waals surface area contributed by atoms with Gasteiger partial charge in [-0.1, -0.05) is 49.4 Å². The monoisotopic (exact) mass is 393 g/mol. The molecule has 0 saturated heterocycles. The van der Waals surface area contributed by atoms with E-state index < -0.39 is 0 Å². The van der Waals surface area contributed by atoms with Gasteiger partial charge < -0.3 is 5.32 Å². The number of hydrogen-bond donors (Lipinski definition) is 2. The van der Waals surface area contributed by atoms with Crippen molar-refractivity contribution in [3.63, 3.8) is 0 Å². The summed E-state index contributed by atoms with van der Waals surface area (Å²) < 4.78 is 3.39. The Morgan fingerprint density at radius 1 is 1.14 bits per heavy atom. The number of rotatable bonds is 5. The number of nitrogens with zero attached hydrogens (tertiary/aromatic N) is 3. The van der Waals surface area contributed by atoms with Gasteiger partial charge in [0.2, 0.25) is 0 Å². The fourth-order valence-corrected chi connectivity index (χ4v) is 3.01. The van der Waals surface area contributed by atoms with Crippen LogP contribution in [0, 0.1) is 6.92 Å². The van der Waals surface area contributed by atoms with Crippen LogP contribution in [-0.4, -0.2) is 20.7 Å². The number of aryl methyl sites for hydroxylation is 1. The lowest BCUT2D eigenvalue weighted by Gasteiger charge is -2.07. The molecular weight excluding hydrogens is 370 g/mol. The van der Waals surface area contributed by atoms with Crippen molar-refractivity contribution in [2.75, 3.05) is 5.32 Å². The molecule has 1 heterocycles. The summed E-state index contributed by atoms with van der Waals surface area (Å²) in [7, 11) is 1.84. The Morgan fingerprint density at radius 2 is 1.82 bits per heavy atom. The molecule has 0 atom stereocenters. The Bertz CT molecular complexity index is 1050. The number of para-hydroxylation sites is 1. The van der Waals surface area contributed by atoms with E-state index in [0.29, 0.717) is 5.69 Å². The third kappa shape index (κ3) is 4.20. The standard InChI is InChI=1S/C21H23N5OS/c1-4-16-10-12-17(13-11-16)14-22-24-21(28)23-19-15(2)25(3)26(20(19)27)18-8-6-5-7-9-18/h5-14H,4H2,1-3H3,(H2,23,24,28)/b22-14-. The van der Waals surface area contributed by atoms with Crippen molar-refractivity contribution in [3.05, 3.63) is 81.8 Å². The zero-order valence-corrected chi connectivity index (χ0v) is 17.0. The Hall–Kier alpha value is -3.19. The smallest absolute Gasteiger partial charge is 0.295 e. The van der Waals surface area contributed by atoms with Crippen LogP contribution in [0.25, 0.3) is 5.69 Å². The number of nitrogens with one attached hydrogen (secondary N) is 2. The SMILES string of the molecule is CCc1ccc(/C=N\NC(=S)Nc2c(C)n(C)n(-c3ccccc3)c2=O)cc1. The van der Waals surface area contributed by atoms with Gasteiger partial charge in [-0.15, -0.1) is 0 Å². The van der Waals surface area contributed by atoms with Crippen molar-refractivity contribution in [3.8, 4) is 5.69 Å². The Morgan fingerprint density at radius 3 is 2.46 bits per heavy atom. The van der Waals surface area contributed by atoms with E-state index in [-0.39, 0.29) is 10.7 Å². The minimum atomic E-state index is -0.172. The molecule has 0 fully saturated rings. The number of hydrogen-bond acceptors (Lipinski definition) is 3. The van der Waals surface area contributed by atoms with Crippen LogP contribution in [0.5, 0.6) is 0 Å². The number of benzene rings is 2. The molecule has 0 aliphatic heterocycles. The maximum Gasteiger partial charge on any atom is 0.295 e. The second-order valence-electron chi connectivity index (χ2n) is 6.36. The summed E-state index contributed by atoms with van der Waals surface area (Å²) in [4.78, 5) is 12.9. The lowest BCUT2D eigenvalue weighted by Crippen LogP contribution is -2.28. The van der Waals surface area contributed by atoms with E-state index in [1.54, 1.807) is 15.6 Å². The molecule has 2 aromatic carbocycles. The van der Waals surface area contributed by atoms with E-state index in [4.69, 9.17) is 12.2 Å². The van der Waals surface area contributed by atoms with Crippen LogP contribution in [0.15, 0.2) is 64.5 Å². The van der Waals surface area contributed by atoms with E-state index in [2.05, 4.69) is 34.9 Å². The quantitative estimate of drug-likeness (QED) is 0.396. The Kier molecular flexibility index (Phi) is 6.06. The van der Waals surface area contributed by atoms with Gasteiger partial charge in [-0.2, -0.15) is 5.10 Å². The number of thiocarbonyl (C=S) groups is 1. The molecule has 3 aromatic rings. The third-order valence-corrected chi connectivity index (χ3v) is 4.75. The second kappa shape index (κ2) is 8.67. The van der Waals surface area contributed by atoms with Crippen LogP contribution < -0.4 is 16.3 Å². The minimum absolute atomic E-state index is 0.172. The van der Waals surface area contributed by atoms with Gasteiger partial charge in [0.15, 0.2) is 5.11 Å². The molecule has 3 rings (SSSR count). The van der Waals surface area contributed by atoms with Crippen LogP contribution in [0.4, 0.5) is 5.69 Å². The van der Waals surface area contributed by atoms with Crippen molar-refractivity contribution in [2.24, 2.45) is 12.1 Å². The van der Waals surface area contributed by atoms with Gasteiger partial charge in [-0.3, -0.25) is 14.9 Å². The summed E-state index contributed by atoms with van der Waals surface area (Å²) in [6.07, 6.45) is 2.69. The van der Waals surface area contributed by atoms with Crippen LogP contribution in [0.3, 0.4) is 0 Å². The highest BCUT2D eigenvalue weighted by atomic mass is 32.1. The first-order valence-electron chi connectivity index (χ1n) is 9.04. The van der Waals surface area contributed by atoms with Crippen molar-refractivity contribution >= 4 is 29.2 Å². The zero-order chi connectivity index (χ0) is 20.1. The lowest BCUT2D eigenvalue weighted by atomic mass is 10.1. The molecule has 0 bridgehead atoms. The summed E-state index contributed by atoms with van der Waals surface area (Å²) in [5.74, 6) is 0. The van der Waals surface area contributed by atoms with Crippen molar-refractivity contribution in [1.82, 2.24) is 14.8 Å². The van der Waals surface area contributed by atoms with Crippen molar-refractivity contribution < 1.29 is 0 Å². The molecule has 0 saturated carbocycles. The average Bonchev–Trinajstić information content (AvgIpc) is 2.92. The highest BCUT2D eigenvalue weighted by molar-refractivity contribution is 7.80. The first kappa shape index (κ1) is 19.6. The average molecular weight is 394 g/mol. The van der Waals surface area contributed by atoms with Crippen molar-refractivity contribution in [1.29, 1.82) is 0 Å². The Balaban J connectivity index is 1.72. The van der Waals surface area contributed by atoms with Gasteiger partial charge in [0.05, 0.1) is 17.6 Å². The molecular formula is C21H23N5OS. The number of aromatic nitrogens is 2. The summed E-state index contributed by atoms with van der Waals surface area (Å²) in [6.45, 7) is 3.98. The molecule has 28 heavy (non-hydrogen) atoms. The topological polar surface area (TPSA) is 63.4 Å². The number of hydrazone groups is 1. The molecule has 144 valence electrons. The third-order valence-electron chi connectivity index (χ3n) is 4.56. The fraction of sp³-hybridized carbons (Fsp3) is 0.190. The summed E-state index contributed by atoms with van der Waals surface area (Å²) in [5, 5.41) is 7.37. The maximum absolute atomic E-state index is 12.9. The molecule has 0 radical (unpaired) electrons. The summed E-state index contributed by atoms with van der Waals surface area (Å²) in [6, 6.07) is 17.6. The van der Waals surface area contributed by atoms with Crippen LogP contribution in [0.2, 0.25) is 0 Å². The highest BCUT2D eigenvalue weighted by Gasteiger charge is 2.16. The number of anilines is 1. The summed E-state index contributed by atoms with van der Waals surface area (Å²) in [5.41, 5.74) is 6.82. The van der Waals surface area contributed by atoms with Crippen molar-refractivity contribution in [2.45, 2.75) is 20.3 Å². The zero-order valence-electron chi connectivity index (χ0n) is 16.1. The van der Waals surface area contributed by atoms with Crippen LogP contribution in [0.1, 0.15) is 23.7 Å². The molecule has 0 spiro atoms.